The highest BCUT2D eigenvalue weighted by Gasteiger charge is 2.23. The fourth-order valence-electron chi connectivity index (χ4n) is 1.21. The van der Waals surface area contributed by atoms with Gasteiger partial charge >= 0.3 is 11.7 Å². The van der Waals surface area contributed by atoms with Crippen LogP contribution in [0, 0.1) is 22.9 Å². The summed E-state index contributed by atoms with van der Waals surface area (Å²) in [6.45, 7) is 1.38. The van der Waals surface area contributed by atoms with Gasteiger partial charge in [0.2, 0.25) is 5.82 Å². The summed E-state index contributed by atoms with van der Waals surface area (Å²) in [5.41, 5.74) is -0.760. The third-order valence-electron chi connectivity index (χ3n) is 1.92. The lowest BCUT2D eigenvalue weighted by molar-refractivity contribution is -0.388. The molecule has 0 unspecified atom stereocenters. The van der Waals surface area contributed by atoms with E-state index in [2.05, 4.69) is 0 Å². The zero-order chi connectivity index (χ0) is 11.6. The average molecular weight is 213 g/mol. The van der Waals surface area contributed by atoms with Crippen LogP contribution in [0.3, 0.4) is 0 Å². The molecule has 0 aliphatic heterocycles. The topological polar surface area (TPSA) is 80.4 Å². The van der Waals surface area contributed by atoms with E-state index in [0.29, 0.717) is 0 Å². The van der Waals surface area contributed by atoms with E-state index in [9.17, 15) is 19.3 Å². The van der Waals surface area contributed by atoms with E-state index in [1.807, 2.05) is 0 Å². The number of benzene rings is 1. The van der Waals surface area contributed by atoms with Crippen LogP contribution in [0.2, 0.25) is 0 Å². The molecule has 0 bridgehead atoms. The van der Waals surface area contributed by atoms with E-state index in [0.717, 1.165) is 0 Å². The largest absolute Gasteiger partial charge is 0.481 e. The van der Waals surface area contributed by atoms with Crippen LogP contribution >= 0.6 is 0 Å². The van der Waals surface area contributed by atoms with E-state index < -0.39 is 28.8 Å². The molecule has 0 radical (unpaired) electrons. The first-order valence-electron chi connectivity index (χ1n) is 4.07. The highest BCUT2D eigenvalue weighted by molar-refractivity contribution is 5.72. The van der Waals surface area contributed by atoms with Gasteiger partial charge in [0, 0.05) is 5.56 Å². The molecular formula is C9H8FNO4. The Balaban J connectivity index is 3.33. The predicted molar refractivity (Wildman–Crippen MR) is 49.1 cm³/mol. The van der Waals surface area contributed by atoms with Crippen LogP contribution in [-0.2, 0) is 11.2 Å². The zero-order valence-electron chi connectivity index (χ0n) is 7.86. The summed E-state index contributed by atoms with van der Waals surface area (Å²) >= 11 is 0. The lowest BCUT2D eigenvalue weighted by Gasteiger charge is -2.03. The van der Waals surface area contributed by atoms with E-state index in [-0.39, 0.29) is 11.1 Å². The molecule has 80 valence electrons. The molecule has 6 heteroatoms. The molecule has 0 amide bonds. The second kappa shape index (κ2) is 4.04. The number of nitrogens with zero attached hydrogens (tertiary/aromatic N) is 1. The molecule has 1 aromatic carbocycles. The summed E-state index contributed by atoms with van der Waals surface area (Å²) in [4.78, 5) is 20.0. The third kappa shape index (κ3) is 2.28. The lowest BCUT2D eigenvalue weighted by atomic mass is 10.1. The number of halogens is 1. The predicted octanol–water partition coefficient (Wildman–Crippen LogP) is 1.67. The minimum Gasteiger partial charge on any atom is -0.481 e. The quantitative estimate of drug-likeness (QED) is 0.611. The molecule has 1 N–H and O–H groups in total. The highest BCUT2D eigenvalue weighted by Crippen LogP contribution is 2.25. The highest BCUT2D eigenvalue weighted by atomic mass is 19.1. The zero-order valence-corrected chi connectivity index (χ0v) is 7.86. The number of aryl methyl sites for hydroxylation is 1. The van der Waals surface area contributed by atoms with Crippen molar-refractivity contribution < 1.29 is 19.2 Å². The van der Waals surface area contributed by atoms with Gasteiger partial charge in [-0.15, -0.1) is 0 Å². The number of nitro benzene ring substituents is 1. The fraction of sp³-hybridized carbons (Fsp3) is 0.222. The molecular weight excluding hydrogens is 205 g/mol. The number of aliphatic carboxylic acids is 1. The number of hydrogen-bond acceptors (Lipinski definition) is 3. The van der Waals surface area contributed by atoms with Crippen molar-refractivity contribution in [3.05, 3.63) is 39.2 Å². The summed E-state index contributed by atoms with van der Waals surface area (Å²) in [7, 11) is 0. The van der Waals surface area contributed by atoms with Gasteiger partial charge in [0.05, 0.1) is 11.3 Å². The SMILES string of the molecule is Cc1ccc(CC(=O)O)c([N+](=O)[O-])c1F. The van der Waals surface area contributed by atoms with Crippen LogP contribution in [0.5, 0.6) is 0 Å². The third-order valence-corrected chi connectivity index (χ3v) is 1.92. The van der Waals surface area contributed by atoms with Crippen LogP contribution in [0.25, 0.3) is 0 Å². The van der Waals surface area contributed by atoms with Crippen molar-refractivity contribution in [3.63, 3.8) is 0 Å². The molecule has 0 aliphatic rings. The van der Waals surface area contributed by atoms with Gasteiger partial charge in [0.15, 0.2) is 0 Å². The van der Waals surface area contributed by atoms with E-state index >= 15 is 0 Å². The van der Waals surface area contributed by atoms with E-state index in [4.69, 9.17) is 5.11 Å². The molecule has 1 rings (SSSR count). The van der Waals surface area contributed by atoms with Crippen molar-refractivity contribution >= 4 is 11.7 Å². The first-order valence-corrected chi connectivity index (χ1v) is 4.07. The van der Waals surface area contributed by atoms with Gasteiger partial charge in [0.25, 0.3) is 0 Å². The molecule has 0 spiro atoms. The first kappa shape index (κ1) is 11.1. The van der Waals surface area contributed by atoms with E-state index in [1.54, 1.807) is 0 Å². The summed E-state index contributed by atoms with van der Waals surface area (Å²) in [6, 6.07) is 2.57. The Labute approximate surface area is 84.3 Å². The molecule has 5 nitrogen and oxygen atoms in total. The molecule has 0 aliphatic carbocycles. The van der Waals surface area contributed by atoms with Crippen LogP contribution < -0.4 is 0 Å². The van der Waals surface area contributed by atoms with Gasteiger partial charge in [-0.25, -0.2) is 0 Å². The van der Waals surface area contributed by atoms with Gasteiger partial charge in [-0.05, 0) is 12.5 Å². The molecule has 0 heterocycles. The summed E-state index contributed by atoms with van der Waals surface area (Å²) in [5.74, 6) is -2.21. The second-order valence-electron chi connectivity index (χ2n) is 3.03. The maximum atomic E-state index is 13.3. The van der Waals surface area contributed by atoms with Crippen molar-refractivity contribution in [2.24, 2.45) is 0 Å². The Morgan fingerprint density at radius 1 is 1.60 bits per heavy atom. The van der Waals surface area contributed by atoms with Crippen molar-refractivity contribution in [2.75, 3.05) is 0 Å². The molecule has 15 heavy (non-hydrogen) atoms. The molecule has 0 saturated heterocycles. The Kier molecular flexibility index (Phi) is 2.99. The smallest absolute Gasteiger partial charge is 0.308 e. The molecule has 1 aromatic rings. The monoisotopic (exact) mass is 213 g/mol. The Hall–Kier alpha value is -1.98. The standard InChI is InChI=1S/C9H8FNO4/c1-5-2-3-6(4-7(12)13)9(8(5)10)11(14)15/h2-3H,4H2,1H3,(H,12,13). The number of carbonyl (C=O) groups is 1. The average Bonchev–Trinajstić information content (AvgIpc) is 2.10. The van der Waals surface area contributed by atoms with Gasteiger partial charge < -0.3 is 5.11 Å². The van der Waals surface area contributed by atoms with Gasteiger partial charge in [-0.3, -0.25) is 14.9 Å². The summed E-state index contributed by atoms with van der Waals surface area (Å²) < 4.78 is 13.3. The van der Waals surface area contributed by atoms with Crippen LogP contribution in [0.1, 0.15) is 11.1 Å². The minimum atomic E-state index is -1.23. The van der Waals surface area contributed by atoms with Crippen molar-refractivity contribution in [2.45, 2.75) is 13.3 Å². The number of hydrogen-bond donors (Lipinski definition) is 1. The van der Waals surface area contributed by atoms with Crippen LogP contribution in [0.4, 0.5) is 10.1 Å². The maximum Gasteiger partial charge on any atom is 0.308 e. The molecule has 0 aromatic heterocycles. The van der Waals surface area contributed by atoms with Crippen molar-refractivity contribution in [1.29, 1.82) is 0 Å². The van der Waals surface area contributed by atoms with Gasteiger partial charge in [-0.1, -0.05) is 12.1 Å². The molecule has 0 atom stereocenters. The van der Waals surface area contributed by atoms with Crippen molar-refractivity contribution in [3.8, 4) is 0 Å². The van der Waals surface area contributed by atoms with Crippen LogP contribution in [0.15, 0.2) is 12.1 Å². The Morgan fingerprint density at radius 2 is 2.20 bits per heavy atom. The lowest BCUT2D eigenvalue weighted by Crippen LogP contribution is -2.06. The molecule has 0 fully saturated rings. The Morgan fingerprint density at radius 3 is 2.67 bits per heavy atom. The summed E-state index contributed by atoms with van der Waals surface area (Å²) in [5, 5.41) is 19.0. The van der Waals surface area contributed by atoms with Crippen LogP contribution in [-0.4, -0.2) is 16.0 Å². The van der Waals surface area contributed by atoms with Gasteiger partial charge in [0.1, 0.15) is 0 Å². The molecule has 0 saturated carbocycles. The number of carboxylic acids is 1. The van der Waals surface area contributed by atoms with Crippen molar-refractivity contribution in [1.82, 2.24) is 0 Å². The minimum absolute atomic E-state index is 0.121. The number of carboxylic acid groups (broad SMARTS) is 1. The Bertz CT molecular complexity index is 430. The fourth-order valence-corrected chi connectivity index (χ4v) is 1.21. The van der Waals surface area contributed by atoms with E-state index in [1.165, 1.54) is 19.1 Å². The second-order valence-corrected chi connectivity index (χ2v) is 3.03. The number of nitro groups is 1. The normalized spacial score (nSPS) is 10.0. The van der Waals surface area contributed by atoms with Gasteiger partial charge in [-0.2, -0.15) is 4.39 Å². The first-order chi connectivity index (χ1) is 6.93. The summed E-state index contributed by atoms with van der Waals surface area (Å²) in [6.07, 6.45) is -0.562. The maximum absolute atomic E-state index is 13.3. The number of rotatable bonds is 3.